The second-order valence-electron chi connectivity index (χ2n) is 6.05. The molecule has 2 N–H and O–H groups in total. The fourth-order valence-corrected chi connectivity index (χ4v) is 2.45. The first-order chi connectivity index (χ1) is 8.89. The molecule has 1 fully saturated rings. The topological polar surface area (TPSA) is 72.4 Å². The van der Waals surface area contributed by atoms with Gasteiger partial charge in [-0.15, -0.1) is 0 Å². The number of anilines is 1. The van der Waals surface area contributed by atoms with Crippen LogP contribution in [-0.2, 0) is 6.54 Å². The van der Waals surface area contributed by atoms with Crippen molar-refractivity contribution in [3.63, 3.8) is 0 Å². The van der Waals surface area contributed by atoms with Crippen molar-refractivity contribution < 1.29 is 4.92 Å². The van der Waals surface area contributed by atoms with Crippen LogP contribution in [-0.4, -0.2) is 22.9 Å². The molecule has 5 heteroatoms. The van der Waals surface area contributed by atoms with E-state index < -0.39 is 4.92 Å². The molecule has 1 aromatic rings. The number of likely N-dealkylation sites (tertiary alicyclic amines) is 1. The maximum absolute atomic E-state index is 10.9. The Kier molecular flexibility index (Phi) is 3.75. The van der Waals surface area contributed by atoms with Crippen LogP contribution < -0.4 is 5.73 Å². The van der Waals surface area contributed by atoms with Crippen LogP contribution in [0.3, 0.4) is 0 Å². The lowest BCUT2D eigenvalue weighted by atomic mass is 9.82. The third kappa shape index (κ3) is 3.23. The molecule has 0 amide bonds. The lowest BCUT2D eigenvalue weighted by Crippen LogP contribution is -2.36. The van der Waals surface area contributed by atoms with E-state index in [0.717, 1.165) is 31.5 Å². The van der Waals surface area contributed by atoms with Crippen LogP contribution in [0, 0.1) is 15.5 Å². The minimum absolute atomic E-state index is 0.00911. The Morgan fingerprint density at radius 2 is 2.00 bits per heavy atom. The highest BCUT2D eigenvalue weighted by Crippen LogP contribution is 2.32. The van der Waals surface area contributed by atoms with Gasteiger partial charge in [0.05, 0.1) is 4.92 Å². The first-order valence-electron chi connectivity index (χ1n) is 6.63. The zero-order chi connectivity index (χ0) is 14.0. The number of nitro groups is 1. The zero-order valence-corrected chi connectivity index (χ0v) is 11.6. The summed E-state index contributed by atoms with van der Waals surface area (Å²) < 4.78 is 0. The fourth-order valence-electron chi connectivity index (χ4n) is 2.45. The van der Waals surface area contributed by atoms with Crippen molar-refractivity contribution in [2.45, 2.75) is 33.2 Å². The van der Waals surface area contributed by atoms with Gasteiger partial charge >= 0.3 is 0 Å². The molecule has 0 saturated carbocycles. The normalized spacial score (nSPS) is 19.3. The quantitative estimate of drug-likeness (QED) is 0.517. The lowest BCUT2D eigenvalue weighted by molar-refractivity contribution is -0.384. The maximum Gasteiger partial charge on any atom is 0.292 e. The molecule has 1 heterocycles. The molecule has 1 aliphatic rings. The Labute approximate surface area is 113 Å². The minimum Gasteiger partial charge on any atom is -0.393 e. The Morgan fingerprint density at radius 3 is 2.58 bits per heavy atom. The second kappa shape index (κ2) is 5.17. The molecule has 5 nitrogen and oxygen atoms in total. The third-order valence-corrected chi connectivity index (χ3v) is 3.97. The van der Waals surface area contributed by atoms with E-state index >= 15 is 0 Å². The Balaban J connectivity index is 2.08. The number of rotatable bonds is 3. The molecule has 104 valence electrons. The van der Waals surface area contributed by atoms with Crippen molar-refractivity contribution in [3.05, 3.63) is 33.9 Å². The van der Waals surface area contributed by atoms with Crippen molar-refractivity contribution >= 4 is 11.4 Å². The predicted octanol–water partition coefficient (Wildman–Crippen LogP) is 2.80. The van der Waals surface area contributed by atoms with Gasteiger partial charge in [0, 0.05) is 12.6 Å². The van der Waals surface area contributed by atoms with E-state index in [9.17, 15) is 10.1 Å². The molecule has 1 aromatic carbocycles. The number of para-hydroxylation sites is 1. The molecule has 0 bridgehead atoms. The number of nitrogen functional groups attached to an aromatic ring is 1. The van der Waals surface area contributed by atoms with E-state index in [1.54, 1.807) is 6.07 Å². The molecule has 2 rings (SSSR count). The van der Waals surface area contributed by atoms with Crippen LogP contribution in [0.2, 0.25) is 0 Å². The predicted molar refractivity (Wildman–Crippen MR) is 75.8 cm³/mol. The summed E-state index contributed by atoms with van der Waals surface area (Å²) in [5, 5.41) is 10.9. The molecular formula is C14H21N3O2. The molecule has 0 spiro atoms. The van der Waals surface area contributed by atoms with E-state index in [1.165, 1.54) is 6.07 Å². The molecule has 19 heavy (non-hydrogen) atoms. The Morgan fingerprint density at radius 1 is 1.37 bits per heavy atom. The van der Waals surface area contributed by atoms with Gasteiger partial charge in [0.25, 0.3) is 5.69 Å². The van der Waals surface area contributed by atoms with Crippen molar-refractivity contribution in [3.8, 4) is 0 Å². The second-order valence-corrected chi connectivity index (χ2v) is 6.05. The summed E-state index contributed by atoms with van der Waals surface area (Å²) >= 11 is 0. The number of nitro benzene ring substituents is 1. The van der Waals surface area contributed by atoms with Crippen molar-refractivity contribution in [2.24, 2.45) is 5.41 Å². The van der Waals surface area contributed by atoms with Crippen LogP contribution >= 0.6 is 0 Å². The number of benzene rings is 1. The van der Waals surface area contributed by atoms with Crippen LogP contribution in [0.5, 0.6) is 0 Å². The van der Waals surface area contributed by atoms with Gasteiger partial charge in [0.15, 0.2) is 0 Å². The number of hydrogen-bond acceptors (Lipinski definition) is 4. The molecule has 0 radical (unpaired) electrons. The first kappa shape index (κ1) is 13.8. The number of piperidine rings is 1. The number of nitrogens with zero attached hydrogens (tertiary/aromatic N) is 2. The van der Waals surface area contributed by atoms with Gasteiger partial charge in [-0.05, 0) is 36.9 Å². The van der Waals surface area contributed by atoms with Crippen LogP contribution in [0.25, 0.3) is 0 Å². The highest BCUT2D eigenvalue weighted by Gasteiger charge is 2.26. The smallest absolute Gasteiger partial charge is 0.292 e. The van der Waals surface area contributed by atoms with Crippen LogP contribution in [0.1, 0.15) is 32.3 Å². The summed E-state index contributed by atoms with van der Waals surface area (Å²) in [7, 11) is 0. The van der Waals surface area contributed by atoms with E-state index in [2.05, 4.69) is 18.7 Å². The van der Waals surface area contributed by atoms with Gasteiger partial charge in [0.1, 0.15) is 5.69 Å². The molecule has 1 aliphatic heterocycles. The zero-order valence-electron chi connectivity index (χ0n) is 11.6. The summed E-state index contributed by atoms with van der Waals surface area (Å²) in [5.74, 6) is 0. The summed E-state index contributed by atoms with van der Waals surface area (Å²) in [6.45, 7) is 7.31. The van der Waals surface area contributed by atoms with Gasteiger partial charge in [-0.25, -0.2) is 0 Å². The highest BCUT2D eigenvalue weighted by molar-refractivity contribution is 5.62. The lowest BCUT2D eigenvalue weighted by Gasteiger charge is -2.37. The van der Waals surface area contributed by atoms with E-state index in [0.29, 0.717) is 17.6 Å². The van der Waals surface area contributed by atoms with E-state index in [4.69, 9.17) is 5.73 Å². The standard InChI is InChI=1S/C14H21N3O2/c1-14(2)6-8-16(9-7-14)10-11-4-3-5-12(13(11)15)17(18)19/h3-5H,6-10,15H2,1-2H3. The third-order valence-electron chi connectivity index (χ3n) is 3.97. The average Bonchev–Trinajstić information content (AvgIpc) is 2.34. The minimum atomic E-state index is -0.419. The van der Waals surface area contributed by atoms with Gasteiger partial charge in [-0.2, -0.15) is 0 Å². The van der Waals surface area contributed by atoms with Gasteiger partial charge in [-0.1, -0.05) is 26.0 Å². The van der Waals surface area contributed by atoms with E-state index in [-0.39, 0.29) is 5.69 Å². The van der Waals surface area contributed by atoms with Gasteiger partial charge < -0.3 is 5.73 Å². The van der Waals surface area contributed by atoms with Gasteiger partial charge in [-0.3, -0.25) is 15.0 Å². The summed E-state index contributed by atoms with van der Waals surface area (Å²) in [6, 6.07) is 5.04. The van der Waals surface area contributed by atoms with Crippen molar-refractivity contribution in [1.29, 1.82) is 0 Å². The number of hydrogen-bond donors (Lipinski definition) is 1. The fraction of sp³-hybridized carbons (Fsp3) is 0.571. The molecule has 0 aliphatic carbocycles. The van der Waals surface area contributed by atoms with E-state index in [1.807, 2.05) is 6.07 Å². The monoisotopic (exact) mass is 263 g/mol. The summed E-state index contributed by atoms with van der Waals surface area (Å²) in [4.78, 5) is 12.8. The molecule has 1 saturated heterocycles. The largest absolute Gasteiger partial charge is 0.393 e. The highest BCUT2D eigenvalue weighted by atomic mass is 16.6. The average molecular weight is 263 g/mol. The molecular weight excluding hydrogens is 242 g/mol. The Bertz CT molecular complexity index is 476. The summed E-state index contributed by atoms with van der Waals surface area (Å²) in [5.41, 5.74) is 7.46. The first-order valence-corrected chi connectivity index (χ1v) is 6.63. The molecule has 0 atom stereocenters. The summed E-state index contributed by atoms with van der Waals surface area (Å²) in [6.07, 6.45) is 2.31. The molecule has 0 unspecified atom stereocenters. The van der Waals surface area contributed by atoms with Crippen LogP contribution in [0.15, 0.2) is 18.2 Å². The van der Waals surface area contributed by atoms with Crippen molar-refractivity contribution in [1.82, 2.24) is 4.90 Å². The Hall–Kier alpha value is -1.62. The van der Waals surface area contributed by atoms with Gasteiger partial charge in [0.2, 0.25) is 0 Å². The van der Waals surface area contributed by atoms with Crippen LogP contribution in [0.4, 0.5) is 11.4 Å². The number of nitrogens with two attached hydrogens (primary N) is 1. The van der Waals surface area contributed by atoms with Crippen molar-refractivity contribution in [2.75, 3.05) is 18.8 Å². The molecule has 0 aromatic heterocycles. The SMILES string of the molecule is CC1(C)CCN(Cc2cccc([N+](=O)[O-])c2N)CC1. The maximum atomic E-state index is 10.9.